The Morgan fingerprint density at radius 2 is 2.07 bits per heavy atom. The quantitative estimate of drug-likeness (QED) is 0.718. The van der Waals surface area contributed by atoms with Crippen LogP contribution in [0.4, 0.5) is 0 Å². The van der Waals surface area contributed by atoms with Crippen molar-refractivity contribution >= 4 is 5.91 Å². The lowest BCUT2D eigenvalue weighted by atomic mass is 9.88. The highest BCUT2D eigenvalue weighted by atomic mass is 16.1. The number of hydrogen-bond donors (Lipinski definition) is 1. The molecule has 1 aliphatic carbocycles. The van der Waals surface area contributed by atoms with Crippen LogP contribution in [0.2, 0.25) is 0 Å². The molecule has 1 aliphatic rings. The first kappa shape index (κ1) is 9.25. The fraction of sp³-hybridized carbons (Fsp3) is 0.417. The Kier molecular flexibility index (Phi) is 2.53. The zero-order valence-corrected chi connectivity index (χ0v) is 8.47. The van der Waals surface area contributed by atoms with Crippen LogP contribution in [0.15, 0.2) is 18.2 Å². The molecule has 1 N–H and O–H groups in total. The molecular weight excluding hydrogens is 174 g/mol. The van der Waals surface area contributed by atoms with Crippen LogP contribution in [-0.2, 0) is 12.8 Å². The Morgan fingerprint density at radius 1 is 1.29 bits per heavy atom. The van der Waals surface area contributed by atoms with Crippen LogP contribution < -0.4 is 5.32 Å². The molecule has 0 bridgehead atoms. The molecule has 0 spiro atoms. The summed E-state index contributed by atoms with van der Waals surface area (Å²) in [6.45, 7) is 0. The third-order valence-electron chi connectivity index (χ3n) is 2.87. The molecule has 0 aromatic heterocycles. The average Bonchev–Trinajstić information content (AvgIpc) is 2.27. The minimum absolute atomic E-state index is 0.0451. The van der Waals surface area contributed by atoms with E-state index in [0.29, 0.717) is 0 Å². The van der Waals surface area contributed by atoms with E-state index in [4.69, 9.17) is 0 Å². The van der Waals surface area contributed by atoms with Gasteiger partial charge in [-0.25, -0.2) is 0 Å². The maximum Gasteiger partial charge on any atom is 0.251 e. The SMILES string of the molecule is CNC(=O)c1cccc2c1CCCC2. The highest BCUT2D eigenvalue weighted by molar-refractivity contribution is 5.95. The summed E-state index contributed by atoms with van der Waals surface area (Å²) in [4.78, 5) is 11.6. The summed E-state index contributed by atoms with van der Waals surface area (Å²) in [5.74, 6) is 0.0451. The summed E-state index contributed by atoms with van der Waals surface area (Å²) in [5.41, 5.74) is 3.49. The van der Waals surface area contributed by atoms with E-state index in [9.17, 15) is 4.79 Å². The number of carbonyl (C=O) groups excluding carboxylic acids is 1. The summed E-state index contributed by atoms with van der Waals surface area (Å²) in [7, 11) is 1.69. The van der Waals surface area contributed by atoms with E-state index in [-0.39, 0.29) is 5.91 Å². The Morgan fingerprint density at radius 3 is 2.86 bits per heavy atom. The summed E-state index contributed by atoms with van der Waals surface area (Å²) in [5, 5.41) is 2.69. The largest absolute Gasteiger partial charge is 0.355 e. The van der Waals surface area contributed by atoms with Crippen molar-refractivity contribution in [3.8, 4) is 0 Å². The molecule has 2 heteroatoms. The molecule has 0 saturated heterocycles. The number of aryl methyl sites for hydroxylation is 1. The van der Waals surface area contributed by atoms with Gasteiger partial charge in [-0.3, -0.25) is 4.79 Å². The molecule has 2 rings (SSSR count). The third kappa shape index (κ3) is 1.52. The predicted molar refractivity (Wildman–Crippen MR) is 56.5 cm³/mol. The van der Waals surface area contributed by atoms with Crippen LogP contribution >= 0.6 is 0 Å². The highest BCUT2D eigenvalue weighted by Crippen LogP contribution is 2.24. The van der Waals surface area contributed by atoms with Gasteiger partial charge in [-0.05, 0) is 42.9 Å². The first-order chi connectivity index (χ1) is 6.83. The molecule has 0 saturated carbocycles. The molecule has 0 radical (unpaired) electrons. The maximum atomic E-state index is 11.6. The zero-order chi connectivity index (χ0) is 9.97. The molecular formula is C12H15NO. The first-order valence-corrected chi connectivity index (χ1v) is 5.16. The van der Waals surface area contributed by atoms with E-state index in [2.05, 4.69) is 11.4 Å². The molecule has 0 heterocycles. The number of amides is 1. The summed E-state index contributed by atoms with van der Waals surface area (Å²) in [6, 6.07) is 6.04. The number of rotatable bonds is 1. The van der Waals surface area contributed by atoms with Crippen LogP contribution in [0.3, 0.4) is 0 Å². The standard InChI is InChI=1S/C12H15NO/c1-13-12(14)11-8-4-6-9-5-2-3-7-10(9)11/h4,6,8H,2-3,5,7H2,1H3,(H,13,14). The van der Waals surface area contributed by atoms with Crippen LogP contribution in [0, 0.1) is 0 Å². The van der Waals surface area contributed by atoms with Crippen LogP contribution in [0.1, 0.15) is 34.3 Å². The summed E-state index contributed by atoms with van der Waals surface area (Å²) >= 11 is 0. The van der Waals surface area contributed by atoms with Crippen molar-refractivity contribution in [3.05, 3.63) is 34.9 Å². The van der Waals surface area contributed by atoms with E-state index in [0.717, 1.165) is 18.4 Å². The van der Waals surface area contributed by atoms with Crippen molar-refractivity contribution in [1.29, 1.82) is 0 Å². The van der Waals surface area contributed by atoms with Crippen molar-refractivity contribution in [1.82, 2.24) is 5.32 Å². The molecule has 2 nitrogen and oxygen atoms in total. The first-order valence-electron chi connectivity index (χ1n) is 5.16. The Labute approximate surface area is 84.3 Å². The number of hydrogen-bond acceptors (Lipinski definition) is 1. The second-order valence-corrected chi connectivity index (χ2v) is 3.73. The molecule has 0 fully saturated rings. The van der Waals surface area contributed by atoms with Gasteiger partial charge < -0.3 is 5.32 Å². The number of benzene rings is 1. The Bertz CT molecular complexity index is 357. The van der Waals surface area contributed by atoms with Crippen molar-refractivity contribution in [2.24, 2.45) is 0 Å². The molecule has 74 valence electrons. The van der Waals surface area contributed by atoms with Gasteiger partial charge in [0.1, 0.15) is 0 Å². The summed E-state index contributed by atoms with van der Waals surface area (Å²) in [6.07, 6.45) is 4.64. The molecule has 0 unspecified atom stereocenters. The van der Waals surface area contributed by atoms with Crippen molar-refractivity contribution in [2.45, 2.75) is 25.7 Å². The minimum atomic E-state index is 0.0451. The fourth-order valence-electron chi connectivity index (χ4n) is 2.13. The molecule has 14 heavy (non-hydrogen) atoms. The van der Waals surface area contributed by atoms with E-state index in [1.54, 1.807) is 7.05 Å². The average molecular weight is 189 g/mol. The lowest BCUT2D eigenvalue weighted by Crippen LogP contribution is -2.21. The third-order valence-corrected chi connectivity index (χ3v) is 2.87. The van der Waals surface area contributed by atoms with Gasteiger partial charge in [0.05, 0.1) is 0 Å². The van der Waals surface area contributed by atoms with Gasteiger partial charge in [0, 0.05) is 12.6 Å². The van der Waals surface area contributed by atoms with Gasteiger partial charge in [0.15, 0.2) is 0 Å². The van der Waals surface area contributed by atoms with Crippen LogP contribution in [-0.4, -0.2) is 13.0 Å². The van der Waals surface area contributed by atoms with Crippen LogP contribution in [0.25, 0.3) is 0 Å². The molecule has 1 aromatic rings. The fourth-order valence-corrected chi connectivity index (χ4v) is 2.13. The monoisotopic (exact) mass is 189 g/mol. The van der Waals surface area contributed by atoms with Gasteiger partial charge in [-0.1, -0.05) is 12.1 Å². The van der Waals surface area contributed by atoms with Gasteiger partial charge >= 0.3 is 0 Å². The van der Waals surface area contributed by atoms with E-state index in [1.165, 1.54) is 24.0 Å². The second-order valence-electron chi connectivity index (χ2n) is 3.73. The van der Waals surface area contributed by atoms with Gasteiger partial charge in [0.2, 0.25) is 0 Å². The van der Waals surface area contributed by atoms with E-state index in [1.807, 2.05) is 12.1 Å². The van der Waals surface area contributed by atoms with Crippen molar-refractivity contribution in [2.75, 3.05) is 7.05 Å². The molecule has 0 aliphatic heterocycles. The lowest BCUT2D eigenvalue weighted by molar-refractivity contribution is 0.0962. The maximum absolute atomic E-state index is 11.6. The van der Waals surface area contributed by atoms with E-state index >= 15 is 0 Å². The zero-order valence-electron chi connectivity index (χ0n) is 8.47. The minimum Gasteiger partial charge on any atom is -0.355 e. The van der Waals surface area contributed by atoms with Crippen molar-refractivity contribution < 1.29 is 4.79 Å². The number of fused-ring (bicyclic) bond motifs is 1. The van der Waals surface area contributed by atoms with Gasteiger partial charge in [-0.15, -0.1) is 0 Å². The van der Waals surface area contributed by atoms with Gasteiger partial charge in [0.25, 0.3) is 5.91 Å². The molecule has 1 aromatic carbocycles. The molecule has 1 amide bonds. The number of carbonyl (C=O) groups is 1. The van der Waals surface area contributed by atoms with E-state index < -0.39 is 0 Å². The second kappa shape index (κ2) is 3.82. The molecule has 0 atom stereocenters. The normalized spacial score (nSPS) is 14.6. The smallest absolute Gasteiger partial charge is 0.251 e. The van der Waals surface area contributed by atoms with Crippen molar-refractivity contribution in [3.63, 3.8) is 0 Å². The Balaban J connectivity index is 2.45. The predicted octanol–water partition coefficient (Wildman–Crippen LogP) is 1.93. The van der Waals surface area contributed by atoms with Crippen LogP contribution in [0.5, 0.6) is 0 Å². The lowest BCUT2D eigenvalue weighted by Gasteiger charge is -2.18. The number of nitrogens with one attached hydrogen (secondary N) is 1. The van der Waals surface area contributed by atoms with Gasteiger partial charge in [-0.2, -0.15) is 0 Å². The summed E-state index contributed by atoms with van der Waals surface area (Å²) < 4.78 is 0. The highest BCUT2D eigenvalue weighted by Gasteiger charge is 2.15. The Hall–Kier alpha value is -1.31. The topological polar surface area (TPSA) is 29.1 Å².